The predicted octanol–water partition coefficient (Wildman–Crippen LogP) is 4.10. The van der Waals surface area contributed by atoms with Gasteiger partial charge in [0, 0.05) is 16.4 Å². The Balaban J connectivity index is 2.12. The Labute approximate surface area is 140 Å². The second-order valence-corrected chi connectivity index (χ2v) is 5.74. The highest BCUT2D eigenvalue weighted by molar-refractivity contribution is 6.44. The summed E-state index contributed by atoms with van der Waals surface area (Å²) in [6, 6.07) is 10.9. The minimum atomic E-state index is -0.727. The van der Waals surface area contributed by atoms with E-state index >= 15 is 0 Å². The molecule has 2 aromatic carbocycles. The summed E-state index contributed by atoms with van der Waals surface area (Å²) in [5, 5.41) is 5.78. The Kier molecular flexibility index (Phi) is 5.40. The van der Waals surface area contributed by atoms with Crippen LogP contribution in [0.5, 0.6) is 0 Å². The number of halogens is 1. The molecule has 120 valence electrons. The molecule has 0 aliphatic rings. The molecule has 5 heteroatoms. The molecule has 0 heterocycles. The number of hydrogen-bond acceptors (Lipinski definition) is 2. The third kappa shape index (κ3) is 4.11. The maximum absolute atomic E-state index is 12.1. The summed E-state index contributed by atoms with van der Waals surface area (Å²) < 4.78 is 0. The first kappa shape index (κ1) is 17.0. The summed E-state index contributed by atoms with van der Waals surface area (Å²) in [6.45, 7) is 5.76. The van der Waals surface area contributed by atoms with Crippen molar-refractivity contribution < 1.29 is 9.59 Å². The van der Waals surface area contributed by atoms with Crippen molar-refractivity contribution in [1.82, 2.24) is 0 Å². The molecule has 23 heavy (non-hydrogen) atoms. The fraction of sp³-hybridized carbons (Fsp3) is 0.222. The van der Waals surface area contributed by atoms with Gasteiger partial charge in [0.25, 0.3) is 0 Å². The van der Waals surface area contributed by atoms with Crippen LogP contribution in [0.1, 0.15) is 23.6 Å². The van der Waals surface area contributed by atoms with E-state index in [0.717, 1.165) is 23.1 Å². The number of aryl methyl sites for hydroxylation is 3. The molecule has 0 aliphatic carbocycles. The molecule has 4 nitrogen and oxygen atoms in total. The highest BCUT2D eigenvalue weighted by Gasteiger charge is 2.16. The number of benzene rings is 2. The van der Waals surface area contributed by atoms with E-state index in [1.54, 1.807) is 18.2 Å². The van der Waals surface area contributed by atoms with Crippen LogP contribution >= 0.6 is 11.6 Å². The van der Waals surface area contributed by atoms with Gasteiger partial charge in [-0.25, -0.2) is 0 Å². The molecule has 0 atom stereocenters. The largest absolute Gasteiger partial charge is 0.318 e. The number of hydrogen-bond donors (Lipinski definition) is 2. The van der Waals surface area contributed by atoms with Crippen LogP contribution in [0.3, 0.4) is 0 Å². The van der Waals surface area contributed by atoms with E-state index in [1.165, 1.54) is 0 Å². The molecule has 0 unspecified atom stereocenters. The monoisotopic (exact) mass is 330 g/mol. The normalized spacial score (nSPS) is 10.3. The van der Waals surface area contributed by atoms with E-state index in [2.05, 4.69) is 10.6 Å². The number of anilines is 2. The van der Waals surface area contributed by atoms with Crippen molar-refractivity contribution in [2.24, 2.45) is 0 Å². The number of para-hydroxylation sites is 1. The zero-order valence-corrected chi connectivity index (χ0v) is 14.1. The fourth-order valence-electron chi connectivity index (χ4n) is 2.23. The predicted molar refractivity (Wildman–Crippen MR) is 94.0 cm³/mol. The van der Waals surface area contributed by atoms with Crippen LogP contribution in [0, 0.1) is 13.8 Å². The van der Waals surface area contributed by atoms with Gasteiger partial charge in [0.15, 0.2) is 0 Å². The number of amides is 2. The van der Waals surface area contributed by atoms with Crippen molar-refractivity contribution in [3.63, 3.8) is 0 Å². The zero-order chi connectivity index (χ0) is 17.0. The van der Waals surface area contributed by atoms with E-state index in [9.17, 15) is 9.59 Å². The van der Waals surface area contributed by atoms with E-state index in [-0.39, 0.29) is 0 Å². The van der Waals surface area contributed by atoms with E-state index < -0.39 is 11.8 Å². The maximum atomic E-state index is 12.1. The smallest absolute Gasteiger partial charge is 0.314 e. The Morgan fingerprint density at radius 3 is 2.35 bits per heavy atom. The van der Waals surface area contributed by atoms with Crippen molar-refractivity contribution in [3.05, 3.63) is 58.1 Å². The van der Waals surface area contributed by atoms with E-state index in [1.807, 2.05) is 39.0 Å². The Hall–Kier alpha value is -2.33. The van der Waals surface area contributed by atoms with Gasteiger partial charge in [0.2, 0.25) is 0 Å². The van der Waals surface area contributed by atoms with Gasteiger partial charge in [-0.05, 0) is 49.1 Å². The van der Waals surface area contributed by atoms with Gasteiger partial charge in [0.1, 0.15) is 0 Å². The molecule has 2 rings (SSSR count). The van der Waals surface area contributed by atoms with Gasteiger partial charge in [-0.15, -0.1) is 0 Å². The van der Waals surface area contributed by atoms with Gasteiger partial charge in [0.05, 0.1) is 0 Å². The molecule has 2 amide bonds. The van der Waals surface area contributed by atoms with Crippen molar-refractivity contribution in [2.45, 2.75) is 27.2 Å². The van der Waals surface area contributed by atoms with Crippen LogP contribution in [-0.2, 0) is 16.0 Å². The van der Waals surface area contributed by atoms with Crippen LogP contribution < -0.4 is 10.6 Å². The summed E-state index contributed by atoms with van der Waals surface area (Å²) in [7, 11) is 0. The molecular weight excluding hydrogens is 312 g/mol. The molecule has 2 aromatic rings. The molecule has 2 N–H and O–H groups in total. The van der Waals surface area contributed by atoms with Crippen LogP contribution in [0.25, 0.3) is 0 Å². The lowest BCUT2D eigenvalue weighted by molar-refractivity contribution is -0.133. The van der Waals surface area contributed by atoms with Gasteiger partial charge >= 0.3 is 11.8 Å². The standard InChI is InChI=1S/C18H19ClN2O2/c1-4-13-7-5-6-12(3)16(13)21-18(23)17(22)20-14-9-8-11(2)15(19)10-14/h5-10H,4H2,1-3H3,(H,20,22)(H,21,23). The molecule has 0 bridgehead atoms. The zero-order valence-electron chi connectivity index (χ0n) is 13.4. The van der Waals surface area contributed by atoms with Crippen LogP contribution in [0.15, 0.2) is 36.4 Å². The molecular formula is C18H19ClN2O2. The fourth-order valence-corrected chi connectivity index (χ4v) is 2.41. The number of rotatable bonds is 3. The minimum absolute atomic E-state index is 0.487. The Morgan fingerprint density at radius 1 is 1.00 bits per heavy atom. The summed E-state index contributed by atoms with van der Waals surface area (Å²) in [5.41, 5.74) is 3.99. The van der Waals surface area contributed by atoms with Crippen LogP contribution in [0.4, 0.5) is 11.4 Å². The summed E-state index contributed by atoms with van der Waals surface area (Å²) >= 11 is 6.02. The molecule has 0 aromatic heterocycles. The van der Waals surface area contributed by atoms with Crippen LogP contribution in [-0.4, -0.2) is 11.8 Å². The van der Waals surface area contributed by atoms with Crippen molar-refractivity contribution in [1.29, 1.82) is 0 Å². The highest BCUT2D eigenvalue weighted by atomic mass is 35.5. The van der Waals surface area contributed by atoms with Gasteiger partial charge in [-0.2, -0.15) is 0 Å². The summed E-state index contributed by atoms with van der Waals surface area (Å²) in [5.74, 6) is -1.43. The topological polar surface area (TPSA) is 58.2 Å². The van der Waals surface area contributed by atoms with Crippen molar-refractivity contribution >= 4 is 34.8 Å². The van der Waals surface area contributed by atoms with Crippen molar-refractivity contribution in [2.75, 3.05) is 10.6 Å². The summed E-state index contributed by atoms with van der Waals surface area (Å²) in [4.78, 5) is 24.2. The summed E-state index contributed by atoms with van der Waals surface area (Å²) in [6.07, 6.45) is 0.770. The first-order valence-corrected chi connectivity index (χ1v) is 7.77. The highest BCUT2D eigenvalue weighted by Crippen LogP contribution is 2.22. The third-order valence-electron chi connectivity index (χ3n) is 3.61. The van der Waals surface area contributed by atoms with Crippen LogP contribution in [0.2, 0.25) is 5.02 Å². The quantitative estimate of drug-likeness (QED) is 0.832. The maximum Gasteiger partial charge on any atom is 0.314 e. The SMILES string of the molecule is CCc1cccc(C)c1NC(=O)C(=O)Nc1ccc(C)c(Cl)c1. The van der Waals surface area contributed by atoms with E-state index in [0.29, 0.717) is 16.4 Å². The second kappa shape index (κ2) is 7.29. The van der Waals surface area contributed by atoms with Gasteiger partial charge in [-0.1, -0.05) is 42.8 Å². The Morgan fingerprint density at radius 2 is 1.70 bits per heavy atom. The lowest BCUT2D eigenvalue weighted by atomic mass is 10.1. The molecule has 0 radical (unpaired) electrons. The number of carbonyl (C=O) groups excluding carboxylic acids is 2. The number of nitrogens with one attached hydrogen (secondary N) is 2. The lowest BCUT2D eigenvalue weighted by Gasteiger charge is -2.13. The molecule has 0 aliphatic heterocycles. The lowest BCUT2D eigenvalue weighted by Crippen LogP contribution is -2.29. The average molecular weight is 331 g/mol. The minimum Gasteiger partial charge on any atom is -0.318 e. The van der Waals surface area contributed by atoms with Crippen molar-refractivity contribution in [3.8, 4) is 0 Å². The Bertz CT molecular complexity index is 757. The van der Waals surface area contributed by atoms with Gasteiger partial charge in [-0.3, -0.25) is 9.59 Å². The molecule has 0 fully saturated rings. The molecule has 0 saturated carbocycles. The molecule has 0 spiro atoms. The molecule has 0 saturated heterocycles. The second-order valence-electron chi connectivity index (χ2n) is 5.33. The number of carbonyl (C=O) groups is 2. The van der Waals surface area contributed by atoms with Gasteiger partial charge < -0.3 is 10.6 Å². The van der Waals surface area contributed by atoms with E-state index in [4.69, 9.17) is 11.6 Å². The average Bonchev–Trinajstić information content (AvgIpc) is 2.52. The third-order valence-corrected chi connectivity index (χ3v) is 4.02. The first-order chi connectivity index (χ1) is 10.9. The first-order valence-electron chi connectivity index (χ1n) is 7.39.